The Morgan fingerprint density at radius 2 is 1.00 bits per heavy atom. The Morgan fingerprint density at radius 1 is 0.650 bits per heavy atom. The van der Waals surface area contributed by atoms with E-state index in [1.165, 1.54) is 0 Å². The van der Waals surface area contributed by atoms with E-state index in [1.54, 1.807) is 0 Å². The molecule has 0 saturated carbocycles. The molecule has 0 radical (unpaired) electrons. The number of para-hydroxylation sites is 2. The van der Waals surface area contributed by atoms with Crippen LogP contribution in [0.1, 0.15) is 0 Å². The van der Waals surface area contributed by atoms with Gasteiger partial charge in [0.25, 0.3) is 0 Å². The van der Waals surface area contributed by atoms with Gasteiger partial charge in [-0.3, -0.25) is 10.9 Å². The minimum absolute atomic E-state index is 0.109. The summed E-state index contributed by atoms with van der Waals surface area (Å²) >= 11 is 0. The van der Waals surface area contributed by atoms with Crippen molar-refractivity contribution in [3.63, 3.8) is 0 Å². The lowest BCUT2D eigenvalue weighted by Crippen LogP contribution is -2.33. The molecular formula is C14H16N6. The third-order valence-corrected chi connectivity index (χ3v) is 2.42. The van der Waals surface area contributed by atoms with Crippen LogP contribution in [0.15, 0.2) is 70.9 Å². The molecule has 0 heterocycles. The van der Waals surface area contributed by atoms with E-state index < -0.39 is 0 Å². The molecule has 6 nitrogen and oxygen atoms in total. The molecule has 0 unspecified atom stereocenters. The molecule has 0 fully saturated rings. The number of benzene rings is 2. The molecule has 20 heavy (non-hydrogen) atoms. The second-order valence-corrected chi connectivity index (χ2v) is 3.95. The SMILES string of the molecule is NC(=N\Nc1ccccc1)/C(N)=N/Nc1ccccc1. The zero-order valence-electron chi connectivity index (χ0n) is 10.8. The van der Waals surface area contributed by atoms with Crippen LogP contribution in [0.5, 0.6) is 0 Å². The number of amidine groups is 2. The first-order chi connectivity index (χ1) is 9.75. The van der Waals surface area contributed by atoms with Crippen molar-refractivity contribution in [3.8, 4) is 0 Å². The van der Waals surface area contributed by atoms with Gasteiger partial charge in [0, 0.05) is 0 Å². The molecule has 0 aromatic heterocycles. The second-order valence-electron chi connectivity index (χ2n) is 3.95. The smallest absolute Gasteiger partial charge is 0.188 e. The van der Waals surface area contributed by atoms with Crippen molar-refractivity contribution in [2.45, 2.75) is 0 Å². The molecule has 0 aliphatic carbocycles. The van der Waals surface area contributed by atoms with E-state index in [-0.39, 0.29) is 11.7 Å². The highest BCUT2D eigenvalue weighted by Crippen LogP contribution is 2.05. The second kappa shape index (κ2) is 6.79. The summed E-state index contributed by atoms with van der Waals surface area (Å²) in [7, 11) is 0. The van der Waals surface area contributed by atoms with Gasteiger partial charge in [-0.2, -0.15) is 10.2 Å². The highest BCUT2D eigenvalue weighted by Gasteiger charge is 1.99. The summed E-state index contributed by atoms with van der Waals surface area (Å²) in [6.45, 7) is 0. The predicted molar refractivity (Wildman–Crippen MR) is 83.4 cm³/mol. The van der Waals surface area contributed by atoms with Crippen molar-refractivity contribution < 1.29 is 0 Å². The number of nitrogens with zero attached hydrogens (tertiary/aromatic N) is 2. The van der Waals surface area contributed by atoms with Gasteiger partial charge >= 0.3 is 0 Å². The molecule has 0 spiro atoms. The molecule has 0 atom stereocenters. The average Bonchev–Trinajstić information content (AvgIpc) is 2.52. The van der Waals surface area contributed by atoms with Crippen molar-refractivity contribution in [1.29, 1.82) is 0 Å². The maximum atomic E-state index is 5.72. The lowest BCUT2D eigenvalue weighted by atomic mass is 10.3. The van der Waals surface area contributed by atoms with Crippen LogP contribution in [0.3, 0.4) is 0 Å². The van der Waals surface area contributed by atoms with Crippen LogP contribution in [0, 0.1) is 0 Å². The quantitative estimate of drug-likeness (QED) is 0.385. The number of hydrogen-bond acceptors (Lipinski definition) is 4. The molecule has 0 bridgehead atoms. The first kappa shape index (κ1) is 13.4. The molecule has 6 N–H and O–H groups in total. The molecule has 0 amide bonds. The van der Waals surface area contributed by atoms with Gasteiger partial charge in [-0.05, 0) is 24.3 Å². The molecular weight excluding hydrogens is 252 g/mol. The Bertz CT molecular complexity index is 536. The van der Waals surface area contributed by atoms with Crippen LogP contribution in [-0.4, -0.2) is 11.7 Å². The molecule has 2 aromatic carbocycles. The van der Waals surface area contributed by atoms with Crippen LogP contribution in [0.2, 0.25) is 0 Å². The van der Waals surface area contributed by atoms with Crippen LogP contribution in [0.25, 0.3) is 0 Å². The van der Waals surface area contributed by atoms with Crippen molar-refractivity contribution in [2.24, 2.45) is 21.7 Å². The van der Waals surface area contributed by atoms with Gasteiger partial charge in [-0.1, -0.05) is 36.4 Å². The number of hydrazone groups is 2. The number of anilines is 2. The summed E-state index contributed by atoms with van der Waals surface area (Å²) < 4.78 is 0. The molecule has 0 aliphatic heterocycles. The Hall–Kier alpha value is -3.02. The van der Waals surface area contributed by atoms with E-state index in [1.807, 2.05) is 60.7 Å². The van der Waals surface area contributed by atoms with Crippen molar-refractivity contribution in [2.75, 3.05) is 10.9 Å². The van der Waals surface area contributed by atoms with E-state index in [0.29, 0.717) is 0 Å². The number of rotatable bonds is 4. The lowest BCUT2D eigenvalue weighted by molar-refractivity contribution is 1.29. The summed E-state index contributed by atoms with van der Waals surface area (Å²) in [6, 6.07) is 18.9. The van der Waals surface area contributed by atoms with Crippen molar-refractivity contribution in [1.82, 2.24) is 0 Å². The fourth-order valence-electron chi connectivity index (χ4n) is 1.39. The van der Waals surface area contributed by atoms with E-state index in [2.05, 4.69) is 21.1 Å². The number of nitrogens with one attached hydrogen (secondary N) is 2. The summed E-state index contributed by atoms with van der Waals surface area (Å²) in [5.74, 6) is 0.217. The topological polar surface area (TPSA) is 101 Å². The van der Waals surface area contributed by atoms with Gasteiger partial charge in [0.1, 0.15) is 0 Å². The summed E-state index contributed by atoms with van der Waals surface area (Å²) in [4.78, 5) is 0. The fourth-order valence-corrected chi connectivity index (χ4v) is 1.39. The van der Waals surface area contributed by atoms with Gasteiger partial charge in [0.2, 0.25) is 0 Å². The van der Waals surface area contributed by atoms with E-state index in [9.17, 15) is 0 Å². The molecule has 102 valence electrons. The zero-order chi connectivity index (χ0) is 14.2. The van der Waals surface area contributed by atoms with Gasteiger partial charge in [0.15, 0.2) is 11.7 Å². The van der Waals surface area contributed by atoms with Crippen LogP contribution in [0.4, 0.5) is 11.4 Å². The Kier molecular flexibility index (Phi) is 4.55. The summed E-state index contributed by atoms with van der Waals surface area (Å²) in [6.07, 6.45) is 0. The molecule has 6 heteroatoms. The maximum Gasteiger partial charge on any atom is 0.188 e. The largest absolute Gasteiger partial charge is 0.379 e. The molecule has 0 aliphatic rings. The van der Waals surface area contributed by atoms with Crippen LogP contribution < -0.4 is 22.3 Å². The average molecular weight is 268 g/mol. The first-order valence-corrected chi connectivity index (χ1v) is 6.04. The van der Waals surface area contributed by atoms with Crippen molar-refractivity contribution >= 4 is 23.0 Å². The minimum atomic E-state index is 0.109. The van der Waals surface area contributed by atoms with E-state index in [0.717, 1.165) is 11.4 Å². The predicted octanol–water partition coefficient (Wildman–Crippen LogP) is 1.75. The Morgan fingerprint density at radius 3 is 1.35 bits per heavy atom. The van der Waals surface area contributed by atoms with Gasteiger partial charge in [-0.15, -0.1) is 0 Å². The van der Waals surface area contributed by atoms with E-state index >= 15 is 0 Å². The fraction of sp³-hybridized carbons (Fsp3) is 0. The standard InChI is InChI=1S/C14H16N6/c15-13(19-17-11-7-3-1-4-8-11)14(16)20-18-12-9-5-2-6-10-12/h1-10,17-18H,(H2,15,19)(H2,16,20). The van der Waals surface area contributed by atoms with Crippen LogP contribution >= 0.6 is 0 Å². The molecule has 0 saturated heterocycles. The number of hydrogen-bond donors (Lipinski definition) is 4. The van der Waals surface area contributed by atoms with Gasteiger partial charge < -0.3 is 11.5 Å². The number of nitrogens with two attached hydrogens (primary N) is 2. The highest BCUT2D eigenvalue weighted by molar-refractivity contribution is 6.39. The Labute approximate surface area is 117 Å². The van der Waals surface area contributed by atoms with E-state index in [4.69, 9.17) is 11.5 Å². The third-order valence-electron chi connectivity index (χ3n) is 2.42. The molecule has 2 rings (SSSR count). The lowest BCUT2D eigenvalue weighted by Gasteiger charge is -2.04. The summed E-state index contributed by atoms with van der Waals surface area (Å²) in [5, 5.41) is 7.91. The normalized spacial score (nSPS) is 12.0. The zero-order valence-corrected chi connectivity index (χ0v) is 10.8. The Balaban J connectivity index is 1.95. The minimum Gasteiger partial charge on any atom is -0.379 e. The monoisotopic (exact) mass is 268 g/mol. The first-order valence-electron chi connectivity index (χ1n) is 6.04. The molecule has 2 aromatic rings. The van der Waals surface area contributed by atoms with Crippen LogP contribution in [-0.2, 0) is 0 Å². The van der Waals surface area contributed by atoms with Crippen molar-refractivity contribution in [3.05, 3.63) is 60.7 Å². The maximum absolute atomic E-state index is 5.72. The summed E-state index contributed by atoms with van der Waals surface area (Å²) in [5.41, 5.74) is 18.7. The highest BCUT2D eigenvalue weighted by atomic mass is 15.3. The third kappa shape index (κ3) is 4.02. The van der Waals surface area contributed by atoms with Gasteiger partial charge in [0.05, 0.1) is 11.4 Å². The van der Waals surface area contributed by atoms with Gasteiger partial charge in [-0.25, -0.2) is 0 Å².